The minimum absolute atomic E-state index is 0.216. The van der Waals surface area contributed by atoms with Gasteiger partial charge in [-0.05, 0) is 35.9 Å². The third kappa shape index (κ3) is 2.73. The monoisotopic (exact) mass is 216 g/mol. The second-order valence-electron chi connectivity index (χ2n) is 3.61. The Bertz CT molecular complexity index is 437. The lowest BCUT2D eigenvalue weighted by Gasteiger charge is -2.07. The van der Waals surface area contributed by atoms with Gasteiger partial charge in [-0.15, -0.1) is 0 Å². The van der Waals surface area contributed by atoms with E-state index in [9.17, 15) is 4.39 Å². The summed E-state index contributed by atoms with van der Waals surface area (Å²) in [4.78, 5) is 0. The third-order valence-electron chi connectivity index (χ3n) is 2.27. The van der Waals surface area contributed by atoms with E-state index in [1.165, 1.54) is 12.1 Å². The van der Waals surface area contributed by atoms with Gasteiger partial charge >= 0.3 is 0 Å². The van der Waals surface area contributed by atoms with E-state index >= 15 is 0 Å². The number of benzene rings is 2. The van der Waals surface area contributed by atoms with Crippen LogP contribution in [-0.4, -0.2) is 0 Å². The molecule has 2 rings (SSSR count). The molecule has 0 saturated carbocycles. The summed E-state index contributed by atoms with van der Waals surface area (Å²) in [7, 11) is 0. The van der Waals surface area contributed by atoms with Gasteiger partial charge < -0.3 is 11.1 Å². The summed E-state index contributed by atoms with van der Waals surface area (Å²) >= 11 is 0. The highest BCUT2D eigenvalue weighted by Gasteiger charge is 1.96. The molecule has 82 valence electrons. The first-order chi connectivity index (χ1) is 7.74. The van der Waals surface area contributed by atoms with Gasteiger partial charge in [0.1, 0.15) is 5.82 Å². The van der Waals surface area contributed by atoms with Crippen molar-refractivity contribution in [2.45, 2.75) is 6.54 Å². The van der Waals surface area contributed by atoms with Crippen molar-refractivity contribution < 1.29 is 4.39 Å². The van der Waals surface area contributed by atoms with Crippen LogP contribution >= 0.6 is 0 Å². The van der Waals surface area contributed by atoms with Gasteiger partial charge in [-0.3, -0.25) is 0 Å². The van der Waals surface area contributed by atoms with Gasteiger partial charge in [0.25, 0.3) is 0 Å². The fourth-order valence-corrected chi connectivity index (χ4v) is 1.50. The molecule has 0 fully saturated rings. The summed E-state index contributed by atoms with van der Waals surface area (Å²) in [6.45, 7) is 0.585. The van der Waals surface area contributed by atoms with Gasteiger partial charge in [-0.2, -0.15) is 0 Å². The van der Waals surface area contributed by atoms with Crippen LogP contribution in [0.25, 0.3) is 0 Å². The smallest absolute Gasteiger partial charge is 0.123 e. The number of nitrogens with one attached hydrogen (secondary N) is 1. The first-order valence-electron chi connectivity index (χ1n) is 5.08. The number of nitrogens with two attached hydrogens (primary N) is 1. The quantitative estimate of drug-likeness (QED) is 0.774. The normalized spacial score (nSPS) is 10.1. The maximum absolute atomic E-state index is 12.9. The predicted octanol–water partition coefficient (Wildman–Crippen LogP) is 3.02. The zero-order valence-corrected chi connectivity index (χ0v) is 8.78. The standard InChI is InChI=1S/C13H13FN2/c14-11-4-1-3-10(7-11)9-16-13-6-2-5-12(15)8-13/h1-8,16H,9,15H2. The molecule has 0 amide bonds. The first kappa shape index (κ1) is 10.5. The van der Waals surface area contributed by atoms with Gasteiger partial charge in [0.15, 0.2) is 0 Å². The SMILES string of the molecule is Nc1cccc(NCc2cccc(F)c2)c1. The molecule has 3 heteroatoms. The Balaban J connectivity index is 2.02. The van der Waals surface area contributed by atoms with Gasteiger partial charge in [-0.1, -0.05) is 18.2 Å². The number of hydrogen-bond donors (Lipinski definition) is 2. The minimum Gasteiger partial charge on any atom is -0.399 e. The summed E-state index contributed by atoms with van der Waals surface area (Å²) in [6, 6.07) is 14.0. The average Bonchev–Trinajstić information content (AvgIpc) is 2.27. The van der Waals surface area contributed by atoms with E-state index in [1.807, 2.05) is 30.3 Å². The summed E-state index contributed by atoms with van der Waals surface area (Å²) < 4.78 is 12.9. The van der Waals surface area contributed by atoms with Crippen molar-refractivity contribution in [1.29, 1.82) is 0 Å². The van der Waals surface area contributed by atoms with Gasteiger partial charge in [-0.25, -0.2) is 4.39 Å². The van der Waals surface area contributed by atoms with Crippen LogP contribution in [0.1, 0.15) is 5.56 Å². The molecule has 2 aromatic carbocycles. The Kier molecular flexibility index (Phi) is 3.05. The Hall–Kier alpha value is -2.03. The fraction of sp³-hybridized carbons (Fsp3) is 0.0769. The molecule has 0 aliphatic rings. The molecule has 0 radical (unpaired) electrons. The molecule has 0 aliphatic heterocycles. The summed E-state index contributed by atoms with van der Waals surface area (Å²) in [5.41, 5.74) is 8.20. The van der Waals surface area contributed by atoms with E-state index in [2.05, 4.69) is 5.32 Å². The third-order valence-corrected chi connectivity index (χ3v) is 2.27. The molecule has 0 spiro atoms. The summed E-state index contributed by atoms with van der Waals surface area (Å²) in [5.74, 6) is -0.216. The zero-order chi connectivity index (χ0) is 11.4. The highest BCUT2D eigenvalue weighted by molar-refractivity contribution is 5.54. The molecular weight excluding hydrogens is 203 g/mol. The molecule has 0 saturated heterocycles. The molecule has 2 nitrogen and oxygen atoms in total. The molecule has 0 aliphatic carbocycles. The van der Waals surface area contributed by atoms with E-state index in [1.54, 1.807) is 6.07 Å². The van der Waals surface area contributed by atoms with Crippen molar-refractivity contribution in [3.63, 3.8) is 0 Å². The van der Waals surface area contributed by atoms with Crippen molar-refractivity contribution >= 4 is 11.4 Å². The number of hydrogen-bond acceptors (Lipinski definition) is 2. The van der Waals surface area contributed by atoms with E-state index in [0.29, 0.717) is 12.2 Å². The van der Waals surface area contributed by atoms with Crippen LogP contribution in [0.4, 0.5) is 15.8 Å². The van der Waals surface area contributed by atoms with Crippen LogP contribution in [0.15, 0.2) is 48.5 Å². The number of anilines is 2. The average molecular weight is 216 g/mol. The van der Waals surface area contributed by atoms with Crippen LogP contribution < -0.4 is 11.1 Å². The maximum Gasteiger partial charge on any atom is 0.123 e. The van der Waals surface area contributed by atoms with Crippen LogP contribution in [0.2, 0.25) is 0 Å². The van der Waals surface area contributed by atoms with Gasteiger partial charge in [0.2, 0.25) is 0 Å². The summed E-state index contributed by atoms with van der Waals surface area (Å²) in [5, 5.41) is 3.18. The molecule has 0 heterocycles. The van der Waals surface area contributed by atoms with Crippen molar-refractivity contribution in [3.8, 4) is 0 Å². The fourth-order valence-electron chi connectivity index (χ4n) is 1.50. The van der Waals surface area contributed by atoms with Gasteiger partial charge in [0, 0.05) is 17.9 Å². The lowest BCUT2D eigenvalue weighted by atomic mass is 10.2. The highest BCUT2D eigenvalue weighted by atomic mass is 19.1. The largest absolute Gasteiger partial charge is 0.399 e. The van der Waals surface area contributed by atoms with Crippen molar-refractivity contribution in [3.05, 3.63) is 59.9 Å². The highest BCUT2D eigenvalue weighted by Crippen LogP contribution is 2.13. The molecule has 0 unspecified atom stereocenters. The minimum atomic E-state index is -0.216. The second-order valence-corrected chi connectivity index (χ2v) is 3.61. The van der Waals surface area contributed by atoms with Crippen molar-refractivity contribution in [2.24, 2.45) is 0 Å². The molecule has 0 bridgehead atoms. The van der Waals surface area contributed by atoms with E-state index in [-0.39, 0.29) is 5.82 Å². The molecule has 2 aromatic rings. The first-order valence-corrected chi connectivity index (χ1v) is 5.08. The maximum atomic E-state index is 12.9. The van der Waals surface area contributed by atoms with E-state index in [0.717, 1.165) is 11.3 Å². The van der Waals surface area contributed by atoms with Crippen LogP contribution in [0.3, 0.4) is 0 Å². The Morgan fingerprint density at radius 2 is 1.88 bits per heavy atom. The van der Waals surface area contributed by atoms with E-state index < -0.39 is 0 Å². The lowest BCUT2D eigenvalue weighted by molar-refractivity contribution is 0.626. The van der Waals surface area contributed by atoms with Crippen LogP contribution in [-0.2, 0) is 6.54 Å². The van der Waals surface area contributed by atoms with E-state index in [4.69, 9.17) is 5.73 Å². The molecule has 0 atom stereocenters. The van der Waals surface area contributed by atoms with Crippen LogP contribution in [0.5, 0.6) is 0 Å². The topological polar surface area (TPSA) is 38.0 Å². The Labute approximate surface area is 93.9 Å². The van der Waals surface area contributed by atoms with Crippen molar-refractivity contribution in [1.82, 2.24) is 0 Å². The Morgan fingerprint density at radius 1 is 1.06 bits per heavy atom. The Morgan fingerprint density at radius 3 is 2.62 bits per heavy atom. The number of nitrogen functional groups attached to an aromatic ring is 1. The molecule has 16 heavy (non-hydrogen) atoms. The predicted molar refractivity (Wildman–Crippen MR) is 64.6 cm³/mol. The van der Waals surface area contributed by atoms with Crippen LogP contribution in [0, 0.1) is 5.82 Å². The van der Waals surface area contributed by atoms with Crippen molar-refractivity contribution in [2.75, 3.05) is 11.1 Å². The number of halogens is 1. The van der Waals surface area contributed by atoms with Gasteiger partial charge in [0.05, 0.1) is 0 Å². The number of rotatable bonds is 3. The molecule has 3 N–H and O–H groups in total. The lowest BCUT2D eigenvalue weighted by Crippen LogP contribution is -2.00. The molecule has 0 aromatic heterocycles. The second kappa shape index (κ2) is 4.66. The summed E-state index contributed by atoms with van der Waals surface area (Å²) in [6.07, 6.45) is 0. The zero-order valence-electron chi connectivity index (χ0n) is 8.78. The molecular formula is C13H13FN2.